The monoisotopic (exact) mass is 363 g/mol. The summed E-state index contributed by atoms with van der Waals surface area (Å²) in [6, 6.07) is 11.5. The Morgan fingerprint density at radius 3 is 2.44 bits per heavy atom. The number of carbonyl (C=O) groups is 1. The molecule has 0 atom stereocenters. The zero-order valence-electron chi connectivity index (χ0n) is 15.6. The van der Waals surface area contributed by atoms with Crippen LogP contribution in [0.5, 0.6) is 11.5 Å². The first kappa shape index (κ1) is 17.1. The summed E-state index contributed by atoms with van der Waals surface area (Å²) in [6.45, 7) is 2.17. The predicted molar refractivity (Wildman–Crippen MR) is 105 cm³/mol. The summed E-state index contributed by atoms with van der Waals surface area (Å²) in [5, 5.41) is 12.0. The lowest BCUT2D eigenvalue weighted by atomic mass is 10.1. The summed E-state index contributed by atoms with van der Waals surface area (Å²) in [7, 11) is 3.16. The molecule has 1 fully saturated rings. The number of hydrogen-bond acceptors (Lipinski definition) is 5. The van der Waals surface area contributed by atoms with Gasteiger partial charge in [-0.25, -0.2) is 0 Å². The van der Waals surface area contributed by atoms with Crippen LogP contribution in [0.25, 0.3) is 0 Å². The summed E-state index contributed by atoms with van der Waals surface area (Å²) in [6.07, 6.45) is 0.635. The average molecular weight is 363 g/mol. The number of hydrogen-bond donors (Lipinski definition) is 2. The molecule has 2 aromatic rings. The van der Waals surface area contributed by atoms with Crippen LogP contribution >= 0.6 is 0 Å². The molecular weight excluding hydrogens is 342 g/mol. The van der Waals surface area contributed by atoms with Crippen LogP contribution in [-0.2, 0) is 11.2 Å². The van der Waals surface area contributed by atoms with Gasteiger partial charge < -0.3 is 19.7 Å². The third kappa shape index (κ3) is 2.83. The molecule has 4 rings (SSSR count). The molecule has 0 unspecified atom stereocenters. The highest BCUT2D eigenvalue weighted by molar-refractivity contribution is 6.33. The van der Waals surface area contributed by atoms with Gasteiger partial charge in [0.1, 0.15) is 17.3 Å². The zero-order chi connectivity index (χ0) is 19.1. The Morgan fingerprint density at radius 2 is 1.81 bits per heavy atom. The minimum atomic E-state index is -0.0604. The first-order valence-electron chi connectivity index (χ1n) is 8.73. The molecule has 0 bridgehead atoms. The average Bonchev–Trinajstić information content (AvgIpc) is 3.22. The standard InChI is InChI=1S/C21H21N3O3/c1-12-5-4-6-13-7-17(23-20(12)13)19-18(25)11-24(21(19)22)14-8-15(26-2)10-16(9-14)27-3/h4-6,8-10,22-23H,7,11H2,1-3H3. The van der Waals surface area contributed by atoms with Gasteiger partial charge in [0, 0.05) is 36.0 Å². The van der Waals surface area contributed by atoms with Gasteiger partial charge in [-0.1, -0.05) is 18.2 Å². The third-order valence-corrected chi connectivity index (χ3v) is 5.04. The molecule has 27 heavy (non-hydrogen) atoms. The number of ether oxygens (including phenoxy) is 2. The minimum absolute atomic E-state index is 0.0604. The molecule has 2 aromatic carbocycles. The molecule has 0 spiro atoms. The summed E-state index contributed by atoms with van der Waals surface area (Å²) in [4.78, 5) is 14.4. The van der Waals surface area contributed by atoms with E-state index in [2.05, 4.69) is 11.4 Å². The van der Waals surface area contributed by atoms with Crippen LogP contribution in [0.15, 0.2) is 47.7 Å². The molecule has 0 amide bonds. The second kappa shape index (κ2) is 6.46. The summed E-state index contributed by atoms with van der Waals surface area (Å²) >= 11 is 0. The fourth-order valence-corrected chi connectivity index (χ4v) is 3.64. The SMILES string of the molecule is COc1cc(OC)cc(N2CC(=O)C(=C3Cc4cccc(C)c4N3)C2=N)c1. The van der Waals surface area contributed by atoms with E-state index < -0.39 is 0 Å². The van der Waals surface area contributed by atoms with Crippen LogP contribution in [0.1, 0.15) is 11.1 Å². The van der Waals surface area contributed by atoms with E-state index in [-0.39, 0.29) is 18.2 Å². The highest BCUT2D eigenvalue weighted by Crippen LogP contribution is 2.36. The number of nitrogens with one attached hydrogen (secondary N) is 2. The van der Waals surface area contributed by atoms with Crippen LogP contribution in [0, 0.1) is 12.3 Å². The third-order valence-electron chi connectivity index (χ3n) is 5.04. The number of methoxy groups -OCH3 is 2. The number of ketones is 1. The predicted octanol–water partition coefficient (Wildman–Crippen LogP) is 3.30. The smallest absolute Gasteiger partial charge is 0.188 e. The number of carbonyl (C=O) groups excluding carboxylic acids is 1. The first-order valence-corrected chi connectivity index (χ1v) is 8.73. The molecule has 6 heteroatoms. The van der Waals surface area contributed by atoms with Gasteiger partial charge in [0.2, 0.25) is 0 Å². The molecule has 2 N–H and O–H groups in total. The molecule has 138 valence electrons. The lowest BCUT2D eigenvalue weighted by Gasteiger charge is -2.19. The van der Waals surface area contributed by atoms with Crippen molar-refractivity contribution in [2.24, 2.45) is 0 Å². The largest absolute Gasteiger partial charge is 0.497 e. The van der Waals surface area contributed by atoms with E-state index in [1.54, 1.807) is 37.3 Å². The highest BCUT2D eigenvalue weighted by atomic mass is 16.5. The topological polar surface area (TPSA) is 74.7 Å². The molecule has 1 saturated heterocycles. The number of benzene rings is 2. The van der Waals surface area contributed by atoms with Crippen molar-refractivity contribution < 1.29 is 14.3 Å². The van der Waals surface area contributed by atoms with Gasteiger partial charge in [0.15, 0.2) is 5.78 Å². The van der Waals surface area contributed by atoms with E-state index >= 15 is 0 Å². The van der Waals surface area contributed by atoms with Gasteiger partial charge in [0.25, 0.3) is 0 Å². The minimum Gasteiger partial charge on any atom is -0.497 e. The lowest BCUT2D eigenvalue weighted by Crippen LogP contribution is -2.24. The normalized spacial score (nSPS) is 18.6. The van der Waals surface area contributed by atoms with E-state index in [9.17, 15) is 4.79 Å². The molecule has 0 saturated carbocycles. The van der Waals surface area contributed by atoms with E-state index in [1.165, 1.54) is 0 Å². The fraction of sp³-hybridized carbons (Fsp3) is 0.238. The highest BCUT2D eigenvalue weighted by Gasteiger charge is 2.36. The van der Waals surface area contributed by atoms with Gasteiger partial charge >= 0.3 is 0 Å². The fourth-order valence-electron chi connectivity index (χ4n) is 3.64. The Balaban J connectivity index is 1.71. The number of nitrogens with zero attached hydrogens (tertiary/aromatic N) is 1. The Labute approximate surface area is 157 Å². The van der Waals surface area contributed by atoms with Crippen molar-refractivity contribution in [2.45, 2.75) is 13.3 Å². The number of fused-ring (bicyclic) bond motifs is 1. The van der Waals surface area contributed by atoms with Crippen LogP contribution in [0.2, 0.25) is 0 Å². The van der Waals surface area contributed by atoms with Gasteiger partial charge in [-0.3, -0.25) is 10.2 Å². The quantitative estimate of drug-likeness (QED) is 0.819. The summed E-state index contributed by atoms with van der Waals surface area (Å²) < 4.78 is 10.6. The van der Waals surface area contributed by atoms with Crippen molar-refractivity contribution in [2.75, 3.05) is 31.0 Å². The number of amidine groups is 1. The van der Waals surface area contributed by atoms with Crippen molar-refractivity contribution in [1.82, 2.24) is 0 Å². The molecule has 6 nitrogen and oxygen atoms in total. The van der Waals surface area contributed by atoms with Crippen molar-refractivity contribution in [3.05, 3.63) is 58.8 Å². The van der Waals surface area contributed by atoms with Crippen molar-refractivity contribution in [3.63, 3.8) is 0 Å². The molecule has 2 aliphatic heterocycles. The Kier molecular flexibility index (Phi) is 4.11. The molecule has 2 heterocycles. The zero-order valence-corrected chi connectivity index (χ0v) is 15.6. The second-order valence-electron chi connectivity index (χ2n) is 6.69. The number of Topliss-reactive ketones (excluding diaryl/α,β-unsaturated/α-hetero) is 1. The van der Waals surface area contributed by atoms with E-state index in [4.69, 9.17) is 14.9 Å². The first-order chi connectivity index (χ1) is 13.0. The maximum absolute atomic E-state index is 12.8. The second-order valence-corrected chi connectivity index (χ2v) is 6.69. The number of allylic oxidation sites excluding steroid dienone is 1. The van der Waals surface area contributed by atoms with Crippen molar-refractivity contribution in [3.8, 4) is 11.5 Å². The van der Waals surface area contributed by atoms with Crippen LogP contribution in [-0.4, -0.2) is 32.4 Å². The van der Waals surface area contributed by atoms with Gasteiger partial charge in [0.05, 0.1) is 32.0 Å². The van der Waals surface area contributed by atoms with Crippen molar-refractivity contribution >= 4 is 23.0 Å². The van der Waals surface area contributed by atoms with Crippen LogP contribution < -0.4 is 19.7 Å². The van der Waals surface area contributed by atoms with Crippen molar-refractivity contribution in [1.29, 1.82) is 5.41 Å². The molecular formula is C21H21N3O3. The van der Waals surface area contributed by atoms with E-state index in [0.717, 1.165) is 22.5 Å². The van der Waals surface area contributed by atoms with E-state index in [0.29, 0.717) is 29.2 Å². The maximum atomic E-state index is 12.8. The number of para-hydroxylation sites is 1. The van der Waals surface area contributed by atoms with Crippen LogP contribution in [0.3, 0.4) is 0 Å². The van der Waals surface area contributed by atoms with Gasteiger partial charge in [-0.2, -0.15) is 0 Å². The Hall–Kier alpha value is -3.28. The van der Waals surface area contributed by atoms with E-state index in [1.807, 2.05) is 19.1 Å². The number of anilines is 2. The van der Waals surface area contributed by atoms with Crippen LogP contribution in [0.4, 0.5) is 11.4 Å². The molecule has 0 aliphatic carbocycles. The summed E-state index contributed by atoms with van der Waals surface area (Å²) in [5.74, 6) is 1.37. The molecule has 0 radical (unpaired) electrons. The molecule has 0 aromatic heterocycles. The van der Waals surface area contributed by atoms with Gasteiger partial charge in [-0.15, -0.1) is 0 Å². The lowest BCUT2D eigenvalue weighted by molar-refractivity contribution is -0.113. The number of rotatable bonds is 3. The summed E-state index contributed by atoms with van der Waals surface area (Å²) in [5.41, 5.74) is 5.28. The maximum Gasteiger partial charge on any atom is 0.188 e. The molecule has 2 aliphatic rings. The Morgan fingerprint density at radius 1 is 1.11 bits per heavy atom. The number of aryl methyl sites for hydroxylation is 1. The van der Waals surface area contributed by atoms with Gasteiger partial charge in [-0.05, 0) is 18.1 Å². The Bertz CT molecular complexity index is 972.